The zero-order valence-corrected chi connectivity index (χ0v) is 10.6. The number of para-hydroxylation sites is 1. The molecule has 1 aromatic heterocycles. The molecule has 19 heavy (non-hydrogen) atoms. The van der Waals surface area contributed by atoms with Crippen LogP contribution in [0.4, 0.5) is 4.39 Å². The lowest BCUT2D eigenvalue weighted by Gasteiger charge is -2.02. The SMILES string of the molecule is OB(O)c1ccc(-c2nc3ccccc3s2)c(F)c1. The Bertz CT molecular complexity index is 711. The van der Waals surface area contributed by atoms with E-state index < -0.39 is 12.9 Å². The molecule has 0 saturated heterocycles. The summed E-state index contributed by atoms with van der Waals surface area (Å²) in [7, 11) is -1.67. The third-order valence-electron chi connectivity index (χ3n) is 2.82. The van der Waals surface area contributed by atoms with Crippen LogP contribution in [-0.4, -0.2) is 22.2 Å². The molecule has 2 aromatic carbocycles. The first-order chi connectivity index (χ1) is 9.15. The molecule has 0 spiro atoms. The summed E-state index contributed by atoms with van der Waals surface area (Å²) in [6, 6.07) is 11.7. The molecule has 0 fully saturated rings. The Morgan fingerprint density at radius 1 is 1.11 bits per heavy atom. The molecule has 3 nitrogen and oxygen atoms in total. The average molecular weight is 273 g/mol. The van der Waals surface area contributed by atoms with E-state index in [1.165, 1.54) is 23.5 Å². The molecule has 0 aliphatic heterocycles. The number of thiazole rings is 1. The summed E-state index contributed by atoms with van der Waals surface area (Å²) in [4.78, 5) is 4.37. The Kier molecular flexibility index (Phi) is 3.06. The molecule has 0 unspecified atom stereocenters. The number of benzene rings is 2. The van der Waals surface area contributed by atoms with E-state index in [0.29, 0.717) is 10.6 Å². The Hall–Kier alpha value is -1.76. The van der Waals surface area contributed by atoms with Crippen LogP contribution in [-0.2, 0) is 0 Å². The van der Waals surface area contributed by atoms with E-state index in [2.05, 4.69) is 4.98 Å². The van der Waals surface area contributed by atoms with Gasteiger partial charge in [-0.05, 0) is 29.7 Å². The lowest BCUT2D eigenvalue weighted by molar-refractivity contribution is 0.425. The van der Waals surface area contributed by atoms with Crippen molar-refractivity contribution in [2.45, 2.75) is 0 Å². The fraction of sp³-hybridized carbons (Fsp3) is 0. The third-order valence-corrected chi connectivity index (χ3v) is 3.89. The van der Waals surface area contributed by atoms with Crippen LogP contribution in [0.1, 0.15) is 0 Å². The first-order valence-electron chi connectivity index (χ1n) is 5.66. The lowest BCUT2D eigenvalue weighted by Crippen LogP contribution is -2.29. The van der Waals surface area contributed by atoms with Gasteiger partial charge in [0, 0.05) is 5.56 Å². The van der Waals surface area contributed by atoms with E-state index >= 15 is 0 Å². The number of fused-ring (bicyclic) bond motifs is 1. The van der Waals surface area contributed by atoms with Gasteiger partial charge in [-0.25, -0.2) is 9.37 Å². The van der Waals surface area contributed by atoms with Crippen LogP contribution in [0.2, 0.25) is 0 Å². The van der Waals surface area contributed by atoms with Crippen molar-refractivity contribution in [2.75, 3.05) is 0 Å². The van der Waals surface area contributed by atoms with Crippen molar-refractivity contribution in [3.05, 3.63) is 48.3 Å². The molecule has 6 heteroatoms. The Balaban J connectivity index is 2.11. The fourth-order valence-electron chi connectivity index (χ4n) is 1.85. The van der Waals surface area contributed by atoms with Gasteiger partial charge in [0.2, 0.25) is 0 Å². The van der Waals surface area contributed by atoms with E-state index in [9.17, 15) is 4.39 Å². The van der Waals surface area contributed by atoms with E-state index in [0.717, 1.165) is 16.3 Å². The van der Waals surface area contributed by atoms with Crippen LogP contribution in [0.25, 0.3) is 20.8 Å². The van der Waals surface area contributed by atoms with Gasteiger partial charge < -0.3 is 10.0 Å². The maximum Gasteiger partial charge on any atom is 0.488 e. The minimum atomic E-state index is -1.67. The van der Waals surface area contributed by atoms with E-state index in [1.807, 2.05) is 24.3 Å². The minimum absolute atomic E-state index is 0.127. The van der Waals surface area contributed by atoms with Crippen LogP contribution < -0.4 is 5.46 Å². The number of nitrogens with zero attached hydrogens (tertiary/aromatic N) is 1. The van der Waals surface area contributed by atoms with Crippen LogP contribution in [0.5, 0.6) is 0 Å². The predicted octanol–water partition coefficient (Wildman–Crippen LogP) is 1.78. The molecule has 0 atom stereocenters. The van der Waals surface area contributed by atoms with Gasteiger partial charge in [-0.3, -0.25) is 0 Å². The monoisotopic (exact) mass is 273 g/mol. The van der Waals surface area contributed by atoms with Crippen LogP contribution in [0.3, 0.4) is 0 Å². The van der Waals surface area contributed by atoms with Crippen molar-refractivity contribution in [3.8, 4) is 10.6 Å². The lowest BCUT2D eigenvalue weighted by atomic mass is 9.80. The Morgan fingerprint density at radius 2 is 1.89 bits per heavy atom. The second kappa shape index (κ2) is 4.73. The number of halogens is 1. The Morgan fingerprint density at radius 3 is 2.58 bits per heavy atom. The van der Waals surface area contributed by atoms with Gasteiger partial charge in [0.15, 0.2) is 0 Å². The Labute approximate surface area is 113 Å². The smallest absolute Gasteiger partial charge is 0.423 e. The summed E-state index contributed by atoms with van der Waals surface area (Å²) in [5, 5.41) is 18.6. The molecule has 3 rings (SSSR count). The van der Waals surface area contributed by atoms with Gasteiger partial charge in [0.1, 0.15) is 10.8 Å². The van der Waals surface area contributed by atoms with Crippen LogP contribution in [0.15, 0.2) is 42.5 Å². The summed E-state index contributed by atoms with van der Waals surface area (Å²) in [6.45, 7) is 0. The third kappa shape index (κ3) is 2.25. The largest absolute Gasteiger partial charge is 0.488 e. The quantitative estimate of drug-likeness (QED) is 0.700. The molecular weight excluding hydrogens is 264 g/mol. The highest BCUT2D eigenvalue weighted by Gasteiger charge is 2.16. The highest BCUT2D eigenvalue weighted by Crippen LogP contribution is 2.31. The van der Waals surface area contributed by atoms with Crippen LogP contribution >= 0.6 is 11.3 Å². The zero-order valence-electron chi connectivity index (χ0n) is 9.75. The van der Waals surface area contributed by atoms with Crippen molar-refractivity contribution in [1.82, 2.24) is 4.98 Å². The molecule has 94 valence electrons. The second-order valence-corrected chi connectivity index (χ2v) is 5.13. The highest BCUT2D eigenvalue weighted by molar-refractivity contribution is 7.21. The van der Waals surface area contributed by atoms with Crippen molar-refractivity contribution >= 4 is 34.1 Å². The summed E-state index contributed by atoms with van der Waals surface area (Å²) < 4.78 is 15.0. The second-order valence-electron chi connectivity index (χ2n) is 4.10. The number of rotatable bonds is 2. The zero-order chi connectivity index (χ0) is 13.4. The minimum Gasteiger partial charge on any atom is -0.423 e. The summed E-state index contributed by atoms with van der Waals surface area (Å²) in [5.74, 6) is -0.510. The molecule has 0 bridgehead atoms. The normalized spacial score (nSPS) is 10.9. The summed E-state index contributed by atoms with van der Waals surface area (Å²) in [5.41, 5.74) is 1.32. The molecule has 0 aliphatic carbocycles. The fourth-order valence-corrected chi connectivity index (χ4v) is 2.85. The number of hydrogen-bond donors (Lipinski definition) is 2. The first-order valence-corrected chi connectivity index (χ1v) is 6.48. The van der Waals surface area contributed by atoms with Crippen LogP contribution in [0, 0.1) is 5.82 Å². The summed E-state index contributed by atoms with van der Waals surface area (Å²) >= 11 is 1.40. The van der Waals surface area contributed by atoms with Gasteiger partial charge in [0.05, 0.1) is 10.2 Å². The molecule has 1 heterocycles. The van der Waals surface area contributed by atoms with Crippen molar-refractivity contribution in [2.24, 2.45) is 0 Å². The van der Waals surface area contributed by atoms with Gasteiger partial charge in [-0.1, -0.05) is 18.2 Å². The van der Waals surface area contributed by atoms with Gasteiger partial charge in [-0.2, -0.15) is 0 Å². The summed E-state index contributed by atoms with van der Waals surface area (Å²) in [6.07, 6.45) is 0. The maximum absolute atomic E-state index is 14.0. The molecular formula is C13H9BFNO2S. The van der Waals surface area contributed by atoms with Crippen molar-refractivity contribution in [3.63, 3.8) is 0 Å². The maximum atomic E-state index is 14.0. The van der Waals surface area contributed by atoms with Gasteiger partial charge >= 0.3 is 7.12 Å². The molecule has 0 radical (unpaired) electrons. The molecule has 0 amide bonds. The predicted molar refractivity (Wildman–Crippen MR) is 74.8 cm³/mol. The molecule has 0 saturated carbocycles. The van der Waals surface area contributed by atoms with Gasteiger partial charge in [-0.15, -0.1) is 11.3 Å². The molecule has 2 N–H and O–H groups in total. The average Bonchev–Trinajstić information content (AvgIpc) is 2.81. The number of hydrogen-bond acceptors (Lipinski definition) is 4. The van der Waals surface area contributed by atoms with E-state index in [4.69, 9.17) is 10.0 Å². The standard InChI is InChI=1S/C13H9BFNO2S/c15-10-7-8(14(17)18)5-6-9(10)13-16-11-3-1-2-4-12(11)19-13/h1-7,17-18H. The van der Waals surface area contributed by atoms with Crippen molar-refractivity contribution in [1.29, 1.82) is 0 Å². The van der Waals surface area contributed by atoms with E-state index in [-0.39, 0.29) is 5.46 Å². The molecule has 0 aliphatic rings. The van der Waals surface area contributed by atoms with Crippen molar-refractivity contribution < 1.29 is 14.4 Å². The van der Waals surface area contributed by atoms with E-state index in [1.54, 1.807) is 0 Å². The van der Waals surface area contributed by atoms with Gasteiger partial charge in [0.25, 0.3) is 0 Å². The number of aromatic nitrogens is 1. The topological polar surface area (TPSA) is 53.4 Å². The highest BCUT2D eigenvalue weighted by atomic mass is 32.1. The first kappa shape index (κ1) is 12.3. The molecule has 3 aromatic rings.